The molecule has 1 nitrogen and oxygen atoms in total. The summed E-state index contributed by atoms with van der Waals surface area (Å²) >= 11 is 0. The molecule has 0 aliphatic carbocycles. The van der Waals surface area contributed by atoms with Crippen LogP contribution in [0.15, 0.2) is 103 Å². The average Bonchev–Trinajstić information content (AvgIpc) is 2.69. The highest BCUT2D eigenvalue weighted by Gasteiger charge is 2.08. The molecule has 0 bridgehead atoms. The minimum absolute atomic E-state index is 0.842. The van der Waals surface area contributed by atoms with Crippen molar-refractivity contribution in [2.45, 2.75) is 6.92 Å². The number of hydrogen-bond acceptors (Lipinski definition) is 1. The second kappa shape index (κ2) is 7.28. The zero-order valence-corrected chi connectivity index (χ0v) is 14.7. The molecule has 126 valence electrons. The van der Waals surface area contributed by atoms with Gasteiger partial charge in [0.05, 0.1) is 0 Å². The molecule has 0 fully saturated rings. The summed E-state index contributed by atoms with van der Waals surface area (Å²) < 4.78 is 6.13. The highest BCUT2D eigenvalue weighted by molar-refractivity contribution is 5.76. The van der Waals surface area contributed by atoms with Crippen molar-refractivity contribution in [1.29, 1.82) is 0 Å². The monoisotopic (exact) mass is 336 g/mol. The number of benzene rings is 4. The Balaban J connectivity index is 1.73. The van der Waals surface area contributed by atoms with Crippen LogP contribution >= 0.6 is 0 Å². The molecule has 0 N–H and O–H groups in total. The summed E-state index contributed by atoms with van der Waals surface area (Å²) in [5, 5.41) is 0. The normalized spacial score (nSPS) is 10.5. The molecule has 0 unspecified atom stereocenters. The van der Waals surface area contributed by atoms with Gasteiger partial charge in [0, 0.05) is 5.56 Å². The van der Waals surface area contributed by atoms with E-state index >= 15 is 0 Å². The van der Waals surface area contributed by atoms with E-state index in [4.69, 9.17) is 4.74 Å². The molecule has 0 aliphatic heterocycles. The van der Waals surface area contributed by atoms with E-state index in [1.54, 1.807) is 0 Å². The first kappa shape index (κ1) is 16.2. The van der Waals surface area contributed by atoms with Crippen LogP contribution in [-0.4, -0.2) is 0 Å². The second-order valence-corrected chi connectivity index (χ2v) is 6.36. The summed E-state index contributed by atoms with van der Waals surface area (Å²) in [6.07, 6.45) is 0. The largest absolute Gasteiger partial charge is 0.457 e. The highest BCUT2D eigenvalue weighted by Crippen LogP contribution is 2.35. The Morgan fingerprint density at radius 2 is 1.19 bits per heavy atom. The Labute approximate surface area is 154 Å². The van der Waals surface area contributed by atoms with E-state index < -0.39 is 0 Å². The Morgan fingerprint density at radius 1 is 0.538 bits per heavy atom. The van der Waals surface area contributed by atoms with Gasteiger partial charge in [-0.2, -0.15) is 0 Å². The lowest BCUT2D eigenvalue weighted by atomic mass is 9.98. The van der Waals surface area contributed by atoms with Crippen LogP contribution in [-0.2, 0) is 0 Å². The quantitative estimate of drug-likeness (QED) is 0.385. The van der Waals surface area contributed by atoms with E-state index in [0.717, 1.165) is 22.6 Å². The third kappa shape index (κ3) is 3.52. The van der Waals surface area contributed by atoms with E-state index in [9.17, 15) is 0 Å². The number of aryl methyl sites for hydroxylation is 1. The molecule has 1 heteroatoms. The lowest BCUT2D eigenvalue weighted by molar-refractivity contribution is 0.484. The minimum atomic E-state index is 0.842. The molecule has 0 saturated carbocycles. The van der Waals surface area contributed by atoms with Crippen molar-refractivity contribution in [2.75, 3.05) is 0 Å². The van der Waals surface area contributed by atoms with Crippen molar-refractivity contribution in [1.82, 2.24) is 0 Å². The number of rotatable bonds is 4. The van der Waals surface area contributed by atoms with Crippen LogP contribution in [0.5, 0.6) is 11.5 Å². The van der Waals surface area contributed by atoms with E-state index in [-0.39, 0.29) is 0 Å². The van der Waals surface area contributed by atoms with Crippen molar-refractivity contribution >= 4 is 0 Å². The lowest BCUT2D eigenvalue weighted by Gasteiger charge is -2.12. The molecule has 0 aromatic heterocycles. The first-order chi connectivity index (χ1) is 12.8. The van der Waals surface area contributed by atoms with Gasteiger partial charge in [-0.25, -0.2) is 0 Å². The van der Waals surface area contributed by atoms with Gasteiger partial charge in [0.1, 0.15) is 11.5 Å². The van der Waals surface area contributed by atoms with Gasteiger partial charge >= 0.3 is 0 Å². The van der Waals surface area contributed by atoms with Gasteiger partial charge in [-0.1, -0.05) is 84.4 Å². The van der Waals surface area contributed by atoms with Crippen molar-refractivity contribution in [3.63, 3.8) is 0 Å². The van der Waals surface area contributed by atoms with Crippen LogP contribution < -0.4 is 4.74 Å². The number of para-hydroxylation sites is 2. The maximum Gasteiger partial charge on any atom is 0.135 e. The molecule has 26 heavy (non-hydrogen) atoms. The van der Waals surface area contributed by atoms with Gasteiger partial charge in [-0.3, -0.25) is 0 Å². The van der Waals surface area contributed by atoms with E-state index in [1.165, 1.54) is 16.7 Å². The summed E-state index contributed by atoms with van der Waals surface area (Å²) in [5.74, 6) is 1.70. The molecule has 0 heterocycles. The van der Waals surface area contributed by atoms with Gasteiger partial charge < -0.3 is 4.74 Å². The second-order valence-electron chi connectivity index (χ2n) is 6.36. The zero-order valence-electron chi connectivity index (χ0n) is 14.7. The standard InChI is InChI=1S/C25H20O/c1-19-9-7-10-20(17-19)21-11-8-12-22(18-21)24-15-5-6-16-25(24)26-23-13-3-2-4-14-23/h2-18H,1H3. The Kier molecular flexibility index (Phi) is 4.53. The molecule has 4 aromatic rings. The minimum Gasteiger partial charge on any atom is -0.457 e. The van der Waals surface area contributed by atoms with Crippen LogP contribution in [0, 0.1) is 6.92 Å². The van der Waals surface area contributed by atoms with Crippen molar-refractivity contribution in [3.8, 4) is 33.8 Å². The molecular weight excluding hydrogens is 316 g/mol. The maximum atomic E-state index is 6.13. The lowest BCUT2D eigenvalue weighted by Crippen LogP contribution is -1.88. The molecule has 0 atom stereocenters. The SMILES string of the molecule is Cc1cccc(-c2cccc(-c3ccccc3Oc3ccccc3)c2)c1. The maximum absolute atomic E-state index is 6.13. The molecule has 0 saturated heterocycles. The zero-order chi connectivity index (χ0) is 17.8. The van der Waals surface area contributed by atoms with Crippen LogP contribution in [0.4, 0.5) is 0 Å². The van der Waals surface area contributed by atoms with Crippen LogP contribution in [0.2, 0.25) is 0 Å². The summed E-state index contributed by atoms with van der Waals surface area (Å²) in [7, 11) is 0. The first-order valence-corrected chi connectivity index (χ1v) is 8.79. The fourth-order valence-corrected chi connectivity index (χ4v) is 3.10. The third-order valence-corrected chi connectivity index (χ3v) is 4.38. The van der Waals surface area contributed by atoms with Crippen LogP contribution in [0.3, 0.4) is 0 Å². The van der Waals surface area contributed by atoms with E-state index in [2.05, 4.69) is 61.5 Å². The highest BCUT2D eigenvalue weighted by atomic mass is 16.5. The van der Waals surface area contributed by atoms with Gasteiger partial charge in [-0.15, -0.1) is 0 Å². The number of hydrogen-bond donors (Lipinski definition) is 0. The third-order valence-electron chi connectivity index (χ3n) is 4.38. The van der Waals surface area contributed by atoms with E-state index in [0.29, 0.717) is 0 Å². The summed E-state index contributed by atoms with van der Waals surface area (Å²) in [6, 6.07) is 35.3. The molecule has 4 aromatic carbocycles. The summed E-state index contributed by atoms with van der Waals surface area (Å²) in [6.45, 7) is 2.12. The predicted molar refractivity (Wildman–Crippen MR) is 109 cm³/mol. The fourth-order valence-electron chi connectivity index (χ4n) is 3.10. The predicted octanol–water partition coefficient (Wildman–Crippen LogP) is 7.12. The molecule has 4 rings (SSSR count). The van der Waals surface area contributed by atoms with Gasteiger partial charge in [0.15, 0.2) is 0 Å². The van der Waals surface area contributed by atoms with E-state index in [1.807, 2.05) is 48.5 Å². The molecule has 0 radical (unpaired) electrons. The molecule has 0 spiro atoms. The fraction of sp³-hybridized carbons (Fsp3) is 0.0400. The Bertz CT molecular complexity index is 1020. The van der Waals surface area contributed by atoms with Gasteiger partial charge in [-0.05, 0) is 47.9 Å². The Morgan fingerprint density at radius 3 is 2.00 bits per heavy atom. The summed E-state index contributed by atoms with van der Waals surface area (Å²) in [5.41, 5.74) is 5.94. The van der Waals surface area contributed by atoms with Crippen molar-refractivity contribution in [3.05, 3.63) is 109 Å². The summed E-state index contributed by atoms with van der Waals surface area (Å²) in [4.78, 5) is 0. The molecule has 0 amide bonds. The Hall–Kier alpha value is -3.32. The van der Waals surface area contributed by atoms with Crippen molar-refractivity contribution in [2.24, 2.45) is 0 Å². The first-order valence-electron chi connectivity index (χ1n) is 8.79. The van der Waals surface area contributed by atoms with Crippen LogP contribution in [0.25, 0.3) is 22.3 Å². The van der Waals surface area contributed by atoms with Crippen LogP contribution in [0.1, 0.15) is 5.56 Å². The average molecular weight is 336 g/mol. The molecular formula is C25H20O. The smallest absolute Gasteiger partial charge is 0.135 e. The van der Waals surface area contributed by atoms with Gasteiger partial charge in [0.25, 0.3) is 0 Å². The van der Waals surface area contributed by atoms with Gasteiger partial charge in [0.2, 0.25) is 0 Å². The van der Waals surface area contributed by atoms with Crippen molar-refractivity contribution < 1.29 is 4.74 Å². The topological polar surface area (TPSA) is 9.23 Å². The number of ether oxygens (including phenoxy) is 1. The molecule has 0 aliphatic rings.